The monoisotopic (exact) mass is 221 g/mol. The Morgan fingerprint density at radius 3 is 2.81 bits per heavy atom. The fraction of sp³-hybridized carbons (Fsp3) is 0.417. The van der Waals surface area contributed by atoms with Gasteiger partial charge in [0.1, 0.15) is 5.75 Å². The molecule has 0 aliphatic carbocycles. The lowest BCUT2D eigenvalue weighted by atomic mass is 10.1. The Labute approximate surface area is 94.4 Å². The third-order valence-corrected chi connectivity index (χ3v) is 2.87. The SMILES string of the molecule is COc1cccc(N2CC(O)CC2=O)c1C. The summed E-state index contributed by atoms with van der Waals surface area (Å²) in [5.41, 5.74) is 1.74. The van der Waals surface area contributed by atoms with Crippen molar-refractivity contribution in [3.05, 3.63) is 23.8 Å². The van der Waals surface area contributed by atoms with Crippen molar-refractivity contribution in [1.29, 1.82) is 0 Å². The molecule has 1 aliphatic rings. The van der Waals surface area contributed by atoms with E-state index in [4.69, 9.17) is 4.74 Å². The van der Waals surface area contributed by atoms with Gasteiger partial charge in [0.25, 0.3) is 0 Å². The highest BCUT2D eigenvalue weighted by atomic mass is 16.5. The van der Waals surface area contributed by atoms with E-state index >= 15 is 0 Å². The van der Waals surface area contributed by atoms with Crippen LogP contribution in [0.3, 0.4) is 0 Å². The molecular formula is C12H15NO3. The number of β-amino-alcohol motifs (C(OH)–C–C–N with tert-alkyl or cyclic N) is 1. The van der Waals surface area contributed by atoms with Crippen LogP contribution in [0.2, 0.25) is 0 Å². The van der Waals surface area contributed by atoms with Gasteiger partial charge in [0.05, 0.1) is 31.9 Å². The maximum absolute atomic E-state index is 11.7. The number of amides is 1. The summed E-state index contributed by atoms with van der Waals surface area (Å²) in [5, 5.41) is 9.45. The highest BCUT2D eigenvalue weighted by Crippen LogP contribution is 2.30. The molecule has 1 atom stereocenters. The fourth-order valence-corrected chi connectivity index (χ4v) is 2.04. The summed E-state index contributed by atoms with van der Waals surface area (Å²) in [6, 6.07) is 5.57. The molecule has 1 aromatic carbocycles. The van der Waals surface area contributed by atoms with Gasteiger partial charge < -0.3 is 14.7 Å². The van der Waals surface area contributed by atoms with E-state index in [9.17, 15) is 9.90 Å². The second-order valence-corrected chi connectivity index (χ2v) is 3.97. The molecule has 1 fully saturated rings. The van der Waals surface area contributed by atoms with E-state index in [1.807, 2.05) is 25.1 Å². The Morgan fingerprint density at radius 2 is 2.25 bits per heavy atom. The van der Waals surface area contributed by atoms with E-state index in [0.29, 0.717) is 6.54 Å². The summed E-state index contributed by atoms with van der Waals surface area (Å²) >= 11 is 0. The molecule has 1 unspecified atom stereocenters. The normalized spacial score (nSPS) is 20.3. The van der Waals surface area contributed by atoms with E-state index in [0.717, 1.165) is 17.0 Å². The van der Waals surface area contributed by atoms with Gasteiger partial charge in [0.15, 0.2) is 0 Å². The van der Waals surface area contributed by atoms with E-state index in [-0.39, 0.29) is 12.3 Å². The molecule has 0 aromatic heterocycles. The number of anilines is 1. The first kappa shape index (κ1) is 11.0. The molecule has 1 heterocycles. The number of methoxy groups -OCH3 is 1. The minimum absolute atomic E-state index is 0.0381. The van der Waals surface area contributed by atoms with Crippen LogP contribution in [0.15, 0.2) is 18.2 Å². The molecule has 0 spiro atoms. The standard InChI is InChI=1S/C12H15NO3/c1-8-10(4-3-5-11(8)16-2)13-7-9(14)6-12(13)15/h3-5,9,14H,6-7H2,1-2H3. The highest BCUT2D eigenvalue weighted by molar-refractivity contribution is 5.97. The molecule has 1 amide bonds. The number of hydrogen-bond donors (Lipinski definition) is 1. The Bertz CT molecular complexity index is 417. The van der Waals surface area contributed by atoms with E-state index in [1.165, 1.54) is 0 Å². The van der Waals surface area contributed by atoms with Crippen molar-refractivity contribution in [3.8, 4) is 5.75 Å². The number of nitrogens with zero attached hydrogens (tertiary/aromatic N) is 1. The third kappa shape index (κ3) is 1.76. The van der Waals surface area contributed by atoms with Crippen LogP contribution in [-0.2, 0) is 4.79 Å². The van der Waals surface area contributed by atoms with Crippen molar-refractivity contribution >= 4 is 11.6 Å². The molecule has 0 radical (unpaired) electrons. The zero-order valence-electron chi connectivity index (χ0n) is 9.43. The zero-order valence-corrected chi connectivity index (χ0v) is 9.43. The number of benzene rings is 1. The topological polar surface area (TPSA) is 49.8 Å². The molecule has 1 saturated heterocycles. The molecule has 4 heteroatoms. The lowest BCUT2D eigenvalue weighted by Crippen LogP contribution is -2.26. The smallest absolute Gasteiger partial charge is 0.229 e. The summed E-state index contributed by atoms with van der Waals surface area (Å²) in [7, 11) is 1.60. The molecule has 1 N–H and O–H groups in total. The van der Waals surface area contributed by atoms with Crippen molar-refractivity contribution in [2.24, 2.45) is 0 Å². The lowest BCUT2D eigenvalue weighted by Gasteiger charge is -2.19. The van der Waals surface area contributed by atoms with E-state index in [1.54, 1.807) is 12.0 Å². The zero-order chi connectivity index (χ0) is 11.7. The summed E-state index contributed by atoms with van der Waals surface area (Å²) in [4.78, 5) is 13.3. The van der Waals surface area contributed by atoms with Crippen LogP contribution in [-0.4, -0.2) is 30.8 Å². The number of carbonyl (C=O) groups excluding carboxylic acids is 1. The number of ether oxygens (including phenoxy) is 1. The first-order valence-electron chi connectivity index (χ1n) is 5.25. The molecule has 4 nitrogen and oxygen atoms in total. The number of hydrogen-bond acceptors (Lipinski definition) is 3. The van der Waals surface area contributed by atoms with Gasteiger partial charge in [-0.15, -0.1) is 0 Å². The van der Waals surface area contributed by atoms with Crippen LogP contribution in [0.4, 0.5) is 5.69 Å². The van der Waals surface area contributed by atoms with Gasteiger partial charge in [0.2, 0.25) is 5.91 Å². The van der Waals surface area contributed by atoms with Crippen molar-refractivity contribution in [3.63, 3.8) is 0 Å². The van der Waals surface area contributed by atoms with Crippen molar-refractivity contribution in [2.75, 3.05) is 18.6 Å². The predicted molar refractivity (Wildman–Crippen MR) is 60.7 cm³/mol. The van der Waals surface area contributed by atoms with Gasteiger partial charge in [-0.25, -0.2) is 0 Å². The predicted octanol–water partition coefficient (Wildman–Crippen LogP) is 1.10. The Kier molecular flexibility index (Phi) is 2.83. The van der Waals surface area contributed by atoms with Crippen LogP contribution in [0.25, 0.3) is 0 Å². The molecule has 1 aliphatic heterocycles. The molecule has 0 saturated carbocycles. The average Bonchev–Trinajstić information content (AvgIpc) is 2.58. The van der Waals surface area contributed by atoms with Gasteiger partial charge >= 0.3 is 0 Å². The first-order valence-corrected chi connectivity index (χ1v) is 5.25. The van der Waals surface area contributed by atoms with Gasteiger partial charge in [0, 0.05) is 5.56 Å². The lowest BCUT2D eigenvalue weighted by molar-refractivity contribution is -0.117. The number of aliphatic hydroxyl groups is 1. The minimum Gasteiger partial charge on any atom is -0.496 e. The number of rotatable bonds is 2. The van der Waals surface area contributed by atoms with Crippen LogP contribution in [0, 0.1) is 6.92 Å². The van der Waals surface area contributed by atoms with Gasteiger partial charge in [-0.1, -0.05) is 6.07 Å². The van der Waals surface area contributed by atoms with Crippen LogP contribution in [0.1, 0.15) is 12.0 Å². The van der Waals surface area contributed by atoms with Crippen molar-refractivity contribution in [2.45, 2.75) is 19.4 Å². The van der Waals surface area contributed by atoms with Crippen molar-refractivity contribution in [1.82, 2.24) is 0 Å². The quantitative estimate of drug-likeness (QED) is 0.813. The van der Waals surface area contributed by atoms with Gasteiger partial charge in [-0.2, -0.15) is 0 Å². The maximum atomic E-state index is 11.7. The largest absolute Gasteiger partial charge is 0.496 e. The molecule has 1 aromatic rings. The minimum atomic E-state index is -0.557. The van der Waals surface area contributed by atoms with Crippen molar-refractivity contribution < 1.29 is 14.6 Å². The highest BCUT2D eigenvalue weighted by Gasteiger charge is 2.30. The molecule has 0 bridgehead atoms. The summed E-state index contributed by atoms with van der Waals surface area (Å²) in [6.07, 6.45) is -0.352. The molecule has 86 valence electrons. The number of aliphatic hydroxyl groups excluding tert-OH is 1. The summed E-state index contributed by atoms with van der Waals surface area (Å²) in [5.74, 6) is 0.718. The van der Waals surface area contributed by atoms with Gasteiger partial charge in [-0.05, 0) is 19.1 Å². The van der Waals surface area contributed by atoms with Crippen LogP contribution in [0.5, 0.6) is 5.75 Å². The Hall–Kier alpha value is -1.55. The summed E-state index contributed by atoms with van der Waals surface area (Å²) in [6.45, 7) is 2.28. The Balaban J connectivity index is 2.37. The summed E-state index contributed by atoms with van der Waals surface area (Å²) < 4.78 is 5.21. The third-order valence-electron chi connectivity index (χ3n) is 2.87. The second kappa shape index (κ2) is 4.14. The van der Waals surface area contributed by atoms with E-state index in [2.05, 4.69) is 0 Å². The second-order valence-electron chi connectivity index (χ2n) is 3.97. The molecule has 16 heavy (non-hydrogen) atoms. The maximum Gasteiger partial charge on any atom is 0.229 e. The fourth-order valence-electron chi connectivity index (χ4n) is 2.04. The first-order chi connectivity index (χ1) is 7.63. The Morgan fingerprint density at radius 1 is 1.50 bits per heavy atom. The number of carbonyl (C=O) groups is 1. The van der Waals surface area contributed by atoms with Crippen LogP contribution < -0.4 is 9.64 Å². The average molecular weight is 221 g/mol. The van der Waals surface area contributed by atoms with Gasteiger partial charge in [-0.3, -0.25) is 4.79 Å². The molecule has 2 rings (SSSR count). The molecular weight excluding hydrogens is 206 g/mol. The van der Waals surface area contributed by atoms with E-state index < -0.39 is 6.10 Å². The van der Waals surface area contributed by atoms with Crippen LogP contribution >= 0.6 is 0 Å².